The van der Waals surface area contributed by atoms with Crippen LogP contribution in [0, 0.1) is 11.8 Å². The van der Waals surface area contributed by atoms with Crippen molar-refractivity contribution in [3.63, 3.8) is 0 Å². The van der Waals surface area contributed by atoms with E-state index >= 15 is 0 Å². The van der Waals surface area contributed by atoms with E-state index in [4.69, 9.17) is 10.5 Å². The van der Waals surface area contributed by atoms with Crippen LogP contribution < -0.4 is 10.5 Å². The number of aliphatic carboxylic acids is 1. The van der Waals surface area contributed by atoms with Crippen molar-refractivity contribution in [3.8, 4) is 23.3 Å². The first kappa shape index (κ1) is 21.1. The molecule has 0 amide bonds. The molecule has 0 aliphatic rings. The number of sulfone groups is 1. The molecule has 0 aliphatic heterocycles. The summed E-state index contributed by atoms with van der Waals surface area (Å²) in [4.78, 5) is 8.98. The molecule has 1 unspecified atom stereocenters. The van der Waals surface area contributed by atoms with Gasteiger partial charge in [0.25, 0.3) is 0 Å². The van der Waals surface area contributed by atoms with E-state index in [0.717, 1.165) is 0 Å². The highest BCUT2D eigenvalue weighted by Gasteiger charge is 2.48. The number of para-hydroxylation sites is 1. The predicted octanol–water partition coefficient (Wildman–Crippen LogP) is 3.43. The van der Waals surface area contributed by atoms with Crippen molar-refractivity contribution < 1.29 is 23.1 Å². The third-order valence-corrected chi connectivity index (χ3v) is 6.48. The Morgan fingerprint density at radius 3 is 2.00 bits per heavy atom. The minimum atomic E-state index is -4.42. The lowest BCUT2D eigenvalue weighted by molar-refractivity contribution is -0.139. The van der Waals surface area contributed by atoms with Crippen molar-refractivity contribution >= 4 is 15.8 Å². The van der Waals surface area contributed by atoms with Crippen molar-refractivity contribution in [3.05, 3.63) is 90.5 Å². The van der Waals surface area contributed by atoms with E-state index in [9.17, 15) is 18.3 Å². The second kappa shape index (κ2) is 8.82. The van der Waals surface area contributed by atoms with Gasteiger partial charge < -0.3 is 15.6 Å². The number of hydrogen-bond donors (Lipinski definition) is 2. The van der Waals surface area contributed by atoms with Gasteiger partial charge >= 0.3 is 5.97 Å². The first-order chi connectivity index (χ1) is 14.3. The summed E-state index contributed by atoms with van der Waals surface area (Å²) >= 11 is 0. The summed E-state index contributed by atoms with van der Waals surface area (Å²) in [6.45, 7) is 0. The SMILES string of the molecule is NC(CC#Cc1ccccc1)(C(=O)O)S(=O)(=O)c1ccc(Oc2ccccc2)cc1. The molecule has 30 heavy (non-hydrogen) atoms. The number of carbonyl (C=O) groups is 1. The summed E-state index contributed by atoms with van der Waals surface area (Å²) in [5.74, 6) is 4.64. The van der Waals surface area contributed by atoms with Crippen molar-refractivity contribution in [2.24, 2.45) is 5.73 Å². The number of nitrogens with two attached hydrogens (primary N) is 1. The number of hydrogen-bond acceptors (Lipinski definition) is 5. The second-order valence-electron chi connectivity index (χ2n) is 6.43. The first-order valence-electron chi connectivity index (χ1n) is 8.97. The van der Waals surface area contributed by atoms with Crippen LogP contribution >= 0.6 is 0 Å². The summed E-state index contributed by atoms with van der Waals surface area (Å²) in [5.41, 5.74) is 6.48. The Kier molecular flexibility index (Phi) is 6.21. The van der Waals surface area contributed by atoms with E-state index < -0.39 is 27.1 Å². The van der Waals surface area contributed by atoms with Crippen LogP contribution in [0.3, 0.4) is 0 Å². The lowest BCUT2D eigenvalue weighted by Crippen LogP contribution is -2.54. The zero-order valence-electron chi connectivity index (χ0n) is 15.9. The molecule has 152 valence electrons. The van der Waals surface area contributed by atoms with Crippen LogP contribution in [0.4, 0.5) is 0 Å². The van der Waals surface area contributed by atoms with Gasteiger partial charge in [-0.15, -0.1) is 0 Å². The van der Waals surface area contributed by atoms with Crippen LogP contribution in [0.1, 0.15) is 12.0 Å². The Morgan fingerprint density at radius 2 is 1.43 bits per heavy atom. The van der Waals surface area contributed by atoms with E-state index in [1.807, 2.05) is 12.1 Å². The Morgan fingerprint density at radius 1 is 0.900 bits per heavy atom. The van der Waals surface area contributed by atoms with E-state index in [0.29, 0.717) is 17.1 Å². The summed E-state index contributed by atoms with van der Waals surface area (Å²) < 4.78 is 31.6. The second-order valence-corrected chi connectivity index (χ2v) is 8.64. The van der Waals surface area contributed by atoms with Crippen LogP contribution in [-0.2, 0) is 14.6 Å². The molecule has 0 radical (unpaired) electrons. The predicted molar refractivity (Wildman–Crippen MR) is 113 cm³/mol. The fourth-order valence-corrected chi connectivity index (χ4v) is 4.01. The quantitative estimate of drug-likeness (QED) is 0.591. The molecular formula is C23H19NO5S. The molecule has 0 saturated heterocycles. The summed E-state index contributed by atoms with van der Waals surface area (Å²) in [6, 6.07) is 23.2. The molecule has 0 saturated carbocycles. The topological polar surface area (TPSA) is 107 Å². The van der Waals surface area contributed by atoms with Gasteiger partial charge in [0.2, 0.25) is 14.7 Å². The maximum atomic E-state index is 13.0. The van der Waals surface area contributed by atoms with E-state index in [1.54, 1.807) is 48.5 Å². The molecule has 3 aromatic carbocycles. The summed E-state index contributed by atoms with van der Waals surface area (Å²) in [6.07, 6.45) is -0.568. The molecule has 0 fully saturated rings. The van der Waals surface area contributed by atoms with Crippen LogP contribution in [-0.4, -0.2) is 24.4 Å². The smallest absolute Gasteiger partial charge is 0.340 e. The van der Waals surface area contributed by atoms with Gasteiger partial charge in [0, 0.05) is 5.56 Å². The summed E-state index contributed by atoms with van der Waals surface area (Å²) in [5, 5.41) is 9.58. The molecule has 3 N–H and O–H groups in total. The molecule has 0 heterocycles. The lowest BCUT2D eigenvalue weighted by Gasteiger charge is -2.22. The molecule has 0 aliphatic carbocycles. The van der Waals surface area contributed by atoms with Gasteiger partial charge in [0.15, 0.2) is 0 Å². The van der Waals surface area contributed by atoms with Gasteiger partial charge in [-0.2, -0.15) is 0 Å². The molecule has 6 nitrogen and oxygen atoms in total. The average Bonchev–Trinajstić information content (AvgIpc) is 2.75. The number of rotatable bonds is 6. The Bertz CT molecular complexity index is 1180. The number of benzene rings is 3. The van der Waals surface area contributed by atoms with Crippen molar-refractivity contribution in [1.29, 1.82) is 0 Å². The Labute approximate surface area is 174 Å². The van der Waals surface area contributed by atoms with E-state index in [-0.39, 0.29) is 4.90 Å². The van der Waals surface area contributed by atoms with Crippen molar-refractivity contribution in [2.45, 2.75) is 16.2 Å². The molecule has 0 spiro atoms. The van der Waals surface area contributed by atoms with Gasteiger partial charge in [0.1, 0.15) is 11.5 Å². The number of carboxylic acids is 1. The normalized spacial score (nSPS) is 12.8. The minimum absolute atomic E-state index is 0.227. The number of ether oxygens (including phenoxy) is 1. The van der Waals surface area contributed by atoms with Crippen LogP contribution in [0.15, 0.2) is 89.8 Å². The van der Waals surface area contributed by atoms with Crippen molar-refractivity contribution in [2.75, 3.05) is 0 Å². The zero-order valence-corrected chi connectivity index (χ0v) is 16.7. The van der Waals surface area contributed by atoms with E-state index in [2.05, 4.69) is 11.8 Å². The maximum Gasteiger partial charge on any atom is 0.340 e. The molecular weight excluding hydrogens is 402 g/mol. The molecule has 0 bridgehead atoms. The third-order valence-electron chi connectivity index (χ3n) is 4.31. The molecule has 0 aromatic heterocycles. The maximum absolute atomic E-state index is 13.0. The van der Waals surface area contributed by atoms with Crippen LogP contribution in [0.5, 0.6) is 11.5 Å². The third kappa shape index (κ3) is 4.51. The average molecular weight is 421 g/mol. The van der Waals surface area contributed by atoms with Crippen LogP contribution in [0.2, 0.25) is 0 Å². The van der Waals surface area contributed by atoms with Gasteiger partial charge in [-0.1, -0.05) is 48.2 Å². The van der Waals surface area contributed by atoms with E-state index in [1.165, 1.54) is 24.3 Å². The van der Waals surface area contributed by atoms with Gasteiger partial charge in [-0.3, -0.25) is 0 Å². The standard InChI is InChI=1S/C23H19NO5S/c24-23(22(25)26,17-7-10-18-8-3-1-4-9-18)30(27,28)21-15-13-20(14-16-21)29-19-11-5-2-6-12-19/h1-6,8-9,11-16H,17,24H2,(H,25,26). The minimum Gasteiger partial charge on any atom is -0.479 e. The number of carboxylic acid groups (broad SMARTS) is 1. The monoisotopic (exact) mass is 421 g/mol. The highest BCUT2D eigenvalue weighted by atomic mass is 32.2. The van der Waals surface area contributed by atoms with Crippen molar-refractivity contribution in [1.82, 2.24) is 0 Å². The Balaban J connectivity index is 1.85. The fourth-order valence-electron chi connectivity index (χ4n) is 2.61. The highest BCUT2D eigenvalue weighted by molar-refractivity contribution is 7.93. The fraction of sp³-hybridized carbons (Fsp3) is 0.0870. The molecule has 3 aromatic rings. The molecule has 3 rings (SSSR count). The molecule has 7 heteroatoms. The lowest BCUT2D eigenvalue weighted by atomic mass is 10.2. The van der Waals surface area contributed by atoms with Gasteiger partial charge in [-0.05, 0) is 48.5 Å². The van der Waals surface area contributed by atoms with Gasteiger partial charge in [0.05, 0.1) is 11.3 Å². The highest BCUT2D eigenvalue weighted by Crippen LogP contribution is 2.28. The zero-order chi connectivity index (χ0) is 21.6. The first-order valence-corrected chi connectivity index (χ1v) is 10.4. The summed E-state index contributed by atoms with van der Waals surface area (Å²) in [7, 11) is -4.42. The Hall–Kier alpha value is -3.60. The largest absolute Gasteiger partial charge is 0.479 e. The molecule has 1 atom stereocenters. The van der Waals surface area contributed by atoms with Crippen LogP contribution in [0.25, 0.3) is 0 Å². The van der Waals surface area contributed by atoms with Gasteiger partial charge in [-0.25, -0.2) is 13.2 Å².